The Morgan fingerprint density at radius 1 is 1.59 bits per heavy atom. The Kier molecular flexibility index (Phi) is 4.20. The Labute approximate surface area is 102 Å². The third kappa shape index (κ3) is 3.33. The molecule has 1 amide bonds. The number of carbonyl (C=O) groups is 1. The van der Waals surface area contributed by atoms with Gasteiger partial charge in [0.1, 0.15) is 0 Å². The number of piperidine rings is 1. The summed E-state index contributed by atoms with van der Waals surface area (Å²) in [5.74, 6) is 0.178. The molecule has 2 rings (SSSR count). The van der Waals surface area contributed by atoms with Gasteiger partial charge in [-0.25, -0.2) is 0 Å². The predicted molar refractivity (Wildman–Crippen MR) is 67.6 cm³/mol. The van der Waals surface area contributed by atoms with Crippen molar-refractivity contribution in [1.29, 1.82) is 0 Å². The summed E-state index contributed by atoms with van der Waals surface area (Å²) < 4.78 is 2.29. The van der Waals surface area contributed by atoms with Gasteiger partial charge in [-0.15, -0.1) is 0 Å². The molecule has 1 saturated heterocycles. The van der Waals surface area contributed by atoms with E-state index >= 15 is 0 Å². The van der Waals surface area contributed by atoms with E-state index in [0.717, 1.165) is 32.5 Å². The first-order valence-electron chi connectivity index (χ1n) is 6.43. The molecule has 1 aromatic heterocycles. The van der Waals surface area contributed by atoms with Crippen LogP contribution in [-0.2, 0) is 17.9 Å². The molecule has 1 aliphatic rings. The lowest BCUT2D eigenvalue weighted by Crippen LogP contribution is -2.45. The Morgan fingerprint density at radius 3 is 3.18 bits per heavy atom. The van der Waals surface area contributed by atoms with Crippen LogP contribution < -0.4 is 10.6 Å². The van der Waals surface area contributed by atoms with E-state index in [2.05, 4.69) is 40.5 Å². The zero-order valence-corrected chi connectivity index (χ0v) is 10.4. The van der Waals surface area contributed by atoms with E-state index < -0.39 is 0 Å². The molecule has 0 bridgehead atoms. The molecular formula is C13H21N3O. The standard InChI is InChI=1S/C13H21N3O/c1-2-7-16-8-3-4-12(16)10-14-11-5-6-13(17)15-9-11/h3-4,8,11,14H,2,5-7,9-10H2,1H3,(H,15,17). The van der Waals surface area contributed by atoms with Gasteiger partial charge in [0.05, 0.1) is 0 Å². The summed E-state index contributed by atoms with van der Waals surface area (Å²) in [5.41, 5.74) is 1.32. The quantitative estimate of drug-likeness (QED) is 0.807. The summed E-state index contributed by atoms with van der Waals surface area (Å²) in [6.45, 7) is 4.90. The fourth-order valence-electron chi connectivity index (χ4n) is 2.22. The molecule has 0 saturated carbocycles. The molecule has 0 aromatic carbocycles. The largest absolute Gasteiger partial charge is 0.355 e. The van der Waals surface area contributed by atoms with E-state index in [0.29, 0.717) is 12.5 Å². The summed E-state index contributed by atoms with van der Waals surface area (Å²) >= 11 is 0. The lowest BCUT2D eigenvalue weighted by Gasteiger charge is -2.23. The average Bonchev–Trinajstić information content (AvgIpc) is 2.77. The summed E-state index contributed by atoms with van der Waals surface area (Å²) in [7, 11) is 0. The molecule has 4 nitrogen and oxygen atoms in total. The van der Waals surface area contributed by atoms with Crippen LogP contribution in [0.5, 0.6) is 0 Å². The van der Waals surface area contributed by atoms with E-state index in [4.69, 9.17) is 0 Å². The van der Waals surface area contributed by atoms with E-state index in [1.807, 2.05) is 0 Å². The number of amides is 1. The summed E-state index contributed by atoms with van der Waals surface area (Å²) in [6, 6.07) is 4.66. The topological polar surface area (TPSA) is 46.1 Å². The van der Waals surface area contributed by atoms with Crippen LogP contribution in [0.1, 0.15) is 31.9 Å². The van der Waals surface area contributed by atoms with Crippen molar-refractivity contribution in [3.05, 3.63) is 24.0 Å². The summed E-state index contributed by atoms with van der Waals surface area (Å²) in [4.78, 5) is 11.0. The average molecular weight is 235 g/mol. The van der Waals surface area contributed by atoms with E-state index in [1.165, 1.54) is 5.69 Å². The highest BCUT2D eigenvalue weighted by molar-refractivity contribution is 5.76. The Bertz CT molecular complexity index is 362. The van der Waals surface area contributed by atoms with Crippen molar-refractivity contribution < 1.29 is 4.79 Å². The molecule has 1 aromatic rings. The Hall–Kier alpha value is -1.29. The van der Waals surface area contributed by atoms with Gasteiger partial charge in [-0.1, -0.05) is 6.92 Å². The van der Waals surface area contributed by atoms with E-state index in [9.17, 15) is 4.79 Å². The van der Waals surface area contributed by atoms with Crippen LogP contribution in [0.15, 0.2) is 18.3 Å². The van der Waals surface area contributed by atoms with E-state index in [1.54, 1.807) is 0 Å². The fraction of sp³-hybridized carbons (Fsp3) is 0.615. The minimum absolute atomic E-state index is 0.178. The fourth-order valence-corrected chi connectivity index (χ4v) is 2.22. The van der Waals surface area contributed by atoms with Gasteiger partial charge in [0.25, 0.3) is 0 Å². The smallest absolute Gasteiger partial charge is 0.220 e. The van der Waals surface area contributed by atoms with Crippen LogP contribution in [0.2, 0.25) is 0 Å². The van der Waals surface area contributed by atoms with Gasteiger partial charge in [-0.05, 0) is 25.0 Å². The molecule has 0 spiro atoms. The van der Waals surface area contributed by atoms with Gasteiger partial charge in [0.2, 0.25) is 5.91 Å². The predicted octanol–water partition coefficient (Wildman–Crippen LogP) is 1.27. The van der Waals surface area contributed by atoms with Gasteiger partial charge in [-0.3, -0.25) is 4.79 Å². The zero-order valence-electron chi connectivity index (χ0n) is 10.4. The van der Waals surface area contributed by atoms with Crippen LogP contribution in [0.4, 0.5) is 0 Å². The molecule has 0 aliphatic carbocycles. The third-order valence-electron chi connectivity index (χ3n) is 3.23. The first-order valence-corrected chi connectivity index (χ1v) is 6.43. The maximum atomic E-state index is 11.0. The van der Waals surface area contributed by atoms with Gasteiger partial charge >= 0.3 is 0 Å². The SMILES string of the molecule is CCCn1cccc1CNC1CCC(=O)NC1. The molecule has 1 atom stereocenters. The molecule has 2 heterocycles. The normalized spacial score (nSPS) is 20.3. The molecule has 1 aliphatic heterocycles. The first-order chi connectivity index (χ1) is 8.29. The molecule has 4 heteroatoms. The molecule has 2 N–H and O–H groups in total. The van der Waals surface area contributed by atoms with Crippen LogP contribution in [0.3, 0.4) is 0 Å². The van der Waals surface area contributed by atoms with Crippen molar-refractivity contribution in [2.75, 3.05) is 6.54 Å². The lowest BCUT2D eigenvalue weighted by molar-refractivity contribution is -0.122. The number of carbonyl (C=O) groups excluding carboxylic acids is 1. The van der Waals surface area contributed by atoms with Crippen molar-refractivity contribution in [2.45, 2.75) is 45.3 Å². The maximum Gasteiger partial charge on any atom is 0.220 e. The van der Waals surface area contributed by atoms with Gasteiger partial charge < -0.3 is 15.2 Å². The Balaban J connectivity index is 1.81. The summed E-state index contributed by atoms with van der Waals surface area (Å²) in [6.07, 6.45) is 4.87. The third-order valence-corrected chi connectivity index (χ3v) is 3.23. The molecule has 1 fully saturated rings. The molecule has 94 valence electrons. The second-order valence-electron chi connectivity index (χ2n) is 4.61. The monoisotopic (exact) mass is 235 g/mol. The van der Waals surface area contributed by atoms with Crippen molar-refractivity contribution in [1.82, 2.24) is 15.2 Å². The van der Waals surface area contributed by atoms with E-state index in [-0.39, 0.29) is 5.91 Å². The minimum Gasteiger partial charge on any atom is -0.355 e. The second kappa shape index (κ2) is 5.87. The van der Waals surface area contributed by atoms with Crippen LogP contribution in [0.25, 0.3) is 0 Å². The number of nitrogens with zero attached hydrogens (tertiary/aromatic N) is 1. The number of aryl methyl sites for hydroxylation is 1. The maximum absolute atomic E-state index is 11.0. The number of hydrogen-bond donors (Lipinski definition) is 2. The number of aromatic nitrogens is 1. The zero-order chi connectivity index (χ0) is 12.1. The van der Waals surface area contributed by atoms with Crippen LogP contribution in [-0.4, -0.2) is 23.1 Å². The Morgan fingerprint density at radius 2 is 2.47 bits per heavy atom. The highest BCUT2D eigenvalue weighted by atomic mass is 16.1. The van der Waals surface area contributed by atoms with Crippen molar-refractivity contribution >= 4 is 5.91 Å². The molecule has 1 unspecified atom stereocenters. The van der Waals surface area contributed by atoms with Crippen molar-refractivity contribution in [2.24, 2.45) is 0 Å². The van der Waals surface area contributed by atoms with Gasteiger partial charge in [0.15, 0.2) is 0 Å². The first kappa shape index (κ1) is 12.2. The van der Waals surface area contributed by atoms with Gasteiger partial charge in [-0.2, -0.15) is 0 Å². The minimum atomic E-state index is 0.178. The van der Waals surface area contributed by atoms with Crippen molar-refractivity contribution in [3.63, 3.8) is 0 Å². The highest BCUT2D eigenvalue weighted by Gasteiger charge is 2.17. The highest BCUT2D eigenvalue weighted by Crippen LogP contribution is 2.07. The lowest BCUT2D eigenvalue weighted by atomic mass is 10.1. The summed E-state index contributed by atoms with van der Waals surface area (Å²) in [5, 5.41) is 6.40. The molecular weight excluding hydrogens is 214 g/mol. The molecule has 0 radical (unpaired) electrons. The number of nitrogens with one attached hydrogen (secondary N) is 2. The second-order valence-corrected chi connectivity index (χ2v) is 4.61. The van der Waals surface area contributed by atoms with Crippen LogP contribution >= 0.6 is 0 Å². The van der Waals surface area contributed by atoms with Crippen LogP contribution in [0, 0.1) is 0 Å². The number of rotatable bonds is 5. The van der Waals surface area contributed by atoms with Gasteiger partial charge in [0, 0.05) is 44.0 Å². The van der Waals surface area contributed by atoms with Crippen molar-refractivity contribution in [3.8, 4) is 0 Å². The molecule has 17 heavy (non-hydrogen) atoms. The number of hydrogen-bond acceptors (Lipinski definition) is 2.